The largest absolute Gasteiger partial charge is 0.456 e. The van der Waals surface area contributed by atoms with Gasteiger partial charge < -0.3 is 9.15 Å². The van der Waals surface area contributed by atoms with Gasteiger partial charge in [-0.1, -0.05) is 6.07 Å². The second kappa shape index (κ2) is 4.02. The predicted molar refractivity (Wildman–Crippen MR) is 57.2 cm³/mol. The van der Waals surface area contributed by atoms with Crippen molar-refractivity contribution in [2.75, 3.05) is 0 Å². The van der Waals surface area contributed by atoms with E-state index in [1.54, 1.807) is 0 Å². The van der Waals surface area contributed by atoms with E-state index in [1.807, 2.05) is 18.2 Å². The van der Waals surface area contributed by atoms with Crippen LogP contribution >= 0.6 is 15.9 Å². The van der Waals surface area contributed by atoms with Crippen LogP contribution < -0.4 is 0 Å². The monoisotopic (exact) mass is 269 g/mol. The smallest absolute Gasteiger partial charge is 0.303 e. The predicted octanol–water partition coefficient (Wildman–Crippen LogP) is 2.65. The Morgan fingerprint density at radius 1 is 1.60 bits per heavy atom. The van der Waals surface area contributed by atoms with Crippen molar-refractivity contribution in [3.05, 3.63) is 28.6 Å². The van der Waals surface area contributed by atoms with Crippen LogP contribution in [0.25, 0.3) is 11.1 Å². The second-order valence-corrected chi connectivity index (χ2v) is 3.83. The summed E-state index contributed by atoms with van der Waals surface area (Å²) in [6.45, 7) is 1.41. The zero-order valence-corrected chi connectivity index (χ0v) is 9.58. The maximum atomic E-state index is 10.6. The summed E-state index contributed by atoms with van der Waals surface area (Å²) in [7, 11) is 0. The molecule has 1 aromatic carbocycles. The number of carbonyl (C=O) groups excluding carboxylic acids is 1. The molecule has 0 aliphatic heterocycles. The number of rotatable bonds is 2. The van der Waals surface area contributed by atoms with Gasteiger partial charge in [0, 0.05) is 6.92 Å². The molecule has 0 bridgehead atoms. The van der Waals surface area contributed by atoms with E-state index in [0.29, 0.717) is 11.5 Å². The van der Waals surface area contributed by atoms with Gasteiger partial charge >= 0.3 is 5.97 Å². The summed E-state index contributed by atoms with van der Waals surface area (Å²) < 4.78 is 11.0. The molecule has 1 heterocycles. The van der Waals surface area contributed by atoms with Crippen molar-refractivity contribution in [2.45, 2.75) is 13.5 Å². The lowest BCUT2D eigenvalue weighted by Gasteiger charge is -1.94. The fourth-order valence-electron chi connectivity index (χ4n) is 1.19. The van der Waals surface area contributed by atoms with Crippen molar-refractivity contribution in [1.29, 1.82) is 0 Å². The molecule has 15 heavy (non-hydrogen) atoms. The van der Waals surface area contributed by atoms with Crippen LogP contribution in [-0.4, -0.2) is 11.0 Å². The Kier molecular flexibility index (Phi) is 2.73. The van der Waals surface area contributed by atoms with Crippen molar-refractivity contribution in [3.8, 4) is 0 Å². The number of halogens is 1. The topological polar surface area (TPSA) is 52.3 Å². The van der Waals surface area contributed by atoms with E-state index >= 15 is 0 Å². The first kappa shape index (κ1) is 10.2. The molecule has 0 fully saturated rings. The van der Waals surface area contributed by atoms with Crippen molar-refractivity contribution in [3.63, 3.8) is 0 Å². The summed E-state index contributed by atoms with van der Waals surface area (Å²) in [6.07, 6.45) is 0. The summed E-state index contributed by atoms with van der Waals surface area (Å²) >= 11 is 3.35. The molecule has 0 atom stereocenters. The number of hydrogen-bond acceptors (Lipinski definition) is 4. The van der Waals surface area contributed by atoms with Gasteiger partial charge in [0.05, 0.1) is 4.47 Å². The van der Waals surface area contributed by atoms with E-state index in [1.165, 1.54) is 6.92 Å². The van der Waals surface area contributed by atoms with Gasteiger partial charge in [-0.3, -0.25) is 4.79 Å². The fourth-order valence-corrected chi connectivity index (χ4v) is 1.62. The Morgan fingerprint density at radius 3 is 3.07 bits per heavy atom. The van der Waals surface area contributed by atoms with E-state index in [0.717, 1.165) is 9.99 Å². The van der Waals surface area contributed by atoms with Crippen molar-refractivity contribution in [1.82, 2.24) is 4.98 Å². The van der Waals surface area contributed by atoms with E-state index in [-0.39, 0.29) is 12.6 Å². The standard InChI is InChI=1S/C10H8BrNO3/c1-6(13)14-5-9-12-8-4-2-3-7(11)10(8)15-9/h2-4H,5H2,1H3. The SMILES string of the molecule is CC(=O)OCc1nc2cccc(Br)c2o1. The molecule has 0 N–H and O–H groups in total. The lowest BCUT2D eigenvalue weighted by Crippen LogP contribution is -1.98. The first-order valence-electron chi connectivity index (χ1n) is 4.34. The normalized spacial score (nSPS) is 10.5. The summed E-state index contributed by atoms with van der Waals surface area (Å²) in [5, 5.41) is 0. The van der Waals surface area contributed by atoms with Crippen LogP contribution in [0.1, 0.15) is 12.8 Å². The van der Waals surface area contributed by atoms with Gasteiger partial charge in [0.2, 0.25) is 5.89 Å². The molecule has 2 rings (SSSR count). The first-order valence-corrected chi connectivity index (χ1v) is 5.13. The minimum atomic E-state index is -0.351. The molecule has 4 nitrogen and oxygen atoms in total. The van der Waals surface area contributed by atoms with Gasteiger partial charge in [-0.05, 0) is 28.1 Å². The number of hydrogen-bond donors (Lipinski definition) is 0. The van der Waals surface area contributed by atoms with E-state index in [2.05, 4.69) is 20.9 Å². The molecule has 0 spiro atoms. The Morgan fingerprint density at radius 2 is 2.40 bits per heavy atom. The molecule has 0 amide bonds. The number of fused-ring (bicyclic) bond motifs is 1. The lowest BCUT2D eigenvalue weighted by molar-refractivity contribution is -0.142. The van der Waals surface area contributed by atoms with Crippen molar-refractivity contribution < 1.29 is 13.9 Å². The third-order valence-corrected chi connectivity index (χ3v) is 2.43. The number of esters is 1. The zero-order valence-electron chi connectivity index (χ0n) is 7.99. The average Bonchev–Trinajstić information content (AvgIpc) is 2.59. The molecular formula is C10H8BrNO3. The van der Waals surface area contributed by atoms with E-state index in [9.17, 15) is 4.79 Å². The highest BCUT2D eigenvalue weighted by molar-refractivity contribution is 9.10. The quantitative estimate of drug-likeness (QED) is 0.787. The molecule has 0 aliphatic rings. The number of carbonyl (C=O) groups is 1. The average molecular weight is 270 g/mol. The molecule has 0 aliphatic carbocycles. The lowest BCUT2D eigenvalue weighted by atomic mass is 10.3. The van der Waals surface area contributed by atoms with Gasteiger partial charge in [-0.25, -0.2) is 4.98 Å². The highest BCUT2D eigenvalue weighted by atomic mass is 79.9. The Hall–Kier alpha value is -1.36. The molecule has 2 aromatic rings. The third-order valence-electron chi connectivity index (χ3n) is 1.81. The fraction of sp³-hybridized carbons (Fsp3) is 0.200. The maximum Gasteiger partial charge on any atom is 0.303 e. The van der Waals surface area contributed by atoms with E-state index in [4.69, 9.17) is 9.15 Å². The summed E-state index contributed by atoms with van der Waals surface area (Å²) in [4.78, 5) is 14.8. The van der Waals surface area contributed by atoms with Crippen LogP contribution in [0.3, 0.4) is 0 Å². The third kappa shape index (κ3) is 2.18. The second-order valence-electron chi connectivity index (χ2n) is 2.98. The Bertz CT molecular complexity index is 506. The van der Waals surface area contributed by atoms with Gasteiger partial charge in [0.15, 0.2) is 12.2 Å². The van der Waals surface area contributed by atoms with Crippen LogP contribution in [0.15, 0.2) is 27.1 Å². The molecule has 5 heteroatoms. The molecule has 1 aromatic heterocycles. The minimum Gasteiger partial charge on any atom is -0.456 e. The summed E-state index contributed by atoms with van der Waals surface area (Å²) in [5.41, 5.74) is 1.41. The van der Waals surface area contributed by atoms with Gasteiger partial charge in [-0.15, -0.1) is 0 Å². The maximum absolute atomic E-state index is 10.6. The summed E-state index contributed by atoms with van der Waals surface area (Å²) in [5.74, 6) is 0.0448. The highest BCUT2D eigenvalue weighted by Crippen LogP contribution is 2.24. The van der Waals surface area contributed by atoms with Crippen molar-refractivity contribution >= 4 is 33.0 Å². The number of oxazole rings is 1. The first-order chi connectivity index (χ1) is 7.16. The van der Waals surface area contributed by atoms with Crippen LogP contribution in [0, 0.1) is 0 Å². The Balaban J connectivity index is 2.31. The molecule has 0 unspecified atom stereocenters. The molecule has 0 radical (unpaired) electrons. The Labute approximate surface area is 94.4 Å². The number of para-hydroxylation sites is 1. The van der Waals surface area contributed by atoms with Crippen molar-refractivity contribution in [2.24, 2.45) is 0 Å². The van der Waals surface area contributed by atoms with Crippen LogP contribution in [0.4, 0.5) is 0 Å². The summed E-state index contributed by atoms with van der Waals surface area (Å²) in [6, 6.07) is 5.56. The number of nitrogens with zero attached hydrogens (tertiary/aromatic N) is 1. The molecule has 78 valence electrons. The number of aromatic nitrogens is 1. The van der Waals surface area contributed by atoms with Gasteiger partial charge in [0.1, 0.15) is 5.52 Å². The zero-order chi connectivity index (χ0) is 10.8. The van der Waals surface area contributed by atoms with E-state index < -0.39 is 0 Å². The van der Waals surface area contributed by atoms with Crippen LogP contribution in [0.5, 0.6) is 0 Å². The highest BCUT2D eigenvalue weighted by Gasteiger charge is 2.08. The van der Waals surface area contributed by atoms with Gasteiger partial charge in [-0.2, -0.15) is 0 Å². The van der Waals surface area contributed by atoms with Crippen LogP contribution in [0.2, 0.25) is 0 Å². The molecule has 0 saturated heterocycles. The molecular weight excluding hydrogens is 262 g/mol. The van der Waals surface area contributed by atoms with Crippen LogP contribution in [-0.2, 0) is 16.1 Å². The number of benzene rings is 1. The molecule has 0 saturated carbocycles. The number of ether oxygens (including phenoxy) is 1. The van der Waals surface area contributed by atoms with Gasteiger partial charge in [0.25, 0.3) is 0 Å². The minimum absolute atomic E-state index is 0.0659.